The zero-order valence-corrected chi connectivity index (χ0v) is 20.9. The molecule has 9 heteroatoms. The Morgan fingerprint density at radius 1 is 1.08 bits per heavy atom. The number of carbonyl (C=O) groups excluding carboxylic acids is 2. The Morgan fingerprint density at radius 3 is 2.44 bits per heavy atom. The summed E-state index contributed by atoms with van der Waals surface area (Å²) in [5.74, 6) is -0.736. The Balaban J connectivity index is 1.82. The van der Waals surface area contributed by atoms with Crippen molar-refractivity contribution < 1.29 is 19.4 Å². The lowest BCUT2D eigenvalue weighted by molar-refractivity contribution is -0.117. The Morgan fingerprint density at radius 2 is 1.81 bits per heavy atom. The van der Waals surface area contributed by atoms with Crippen LogP contribution < -0.4 is 20.4 Å². The van der Waals surface area contributed by atoms with Crippen LogP contribution in [0.1, 0.15) is 28.4 Å². The number of benzene rings is 3. The Bertz CT molecular complexity index is 1290. The van der Waals surface area contributed by atoms with E-state index in [0.717, 1.165) is 5.69 Å². The molecule has 0 bridgehead atoms. The summed E-state index contributed by atoms with van der Waals surface area (Å²) in [7, 11) is 3.85. The number of hydrogen-bond donors (Lipinski definition) is 3. The lowest BCUT2D eigenvalue weighted by atomic mass is 10.1. The molecular formula is C27H27ClN4O4. The highest BCUT2D eigenvalue weighted by Gasteiger charge is 2.16. The number of phenols is 1. The lowest BCUT2D eigenvalue weighted by Gasteiger charge is -2.13. The van der Waals surface area contributed by atoms with E-state index in [9.17, 15) is 14.7 Å². The summed E-state index contributed by atoms with van der Waals surface area (Å²) >= 11 is 6.14. The third kappa shape index (κ3) is 7.10. The Hall–Kier alpha value is -4.30. The van der Waals surface area contributed by atoms with Gasteiger partial charge in [-0.15, -0.1) is 0 Å². The molecule has 0 unspecified atom stereocenters. The van der Waals surface area contributed by atoms with E-state index in [4.69, 9.17) is 16.3 Å². The second-order valence-corrected chi connectivity index (χ2v) is 8.24. The fraction of sp³-hybridized carbons (Fsp3) is 0.148. The van der Waals surface area contributed by atoms with Crippen LogP contribution in [-0.2, 0) is 4.79 Å². The minimum Gasteiger partial charge on any atom is -0.507 e. The van der Waals surface area contributed by atoms with Crippen molar-refractivity contribution in [3.63, 3.8) is 0 Å². The van der Waals surface area contributed by atoms with Gasteiger partial charge in [-0.2, -0.15) is 5.10 Å². The molecule has 36 heavy (non-hydrogen) atoms. The van der Waals surface area contributed by atoms with Gasteiger partial charge in [-0.1, -0.05) is 35.9 Å². The van der Waals surface area contributed by atoms with E-state index in [1.165, 1.54) is 18.4 Å². The third-order valence-electron chi connectivity index (χ3n) is 5.01. The fourth-order valence-electron chi connectivity index (χ4n) is 3.14. The quantitative estimate of drug-likeness (QED) is 0.226. The van der Waals surface area contributed by atoms with Crippen LogP contribution in [0.3, 0.4) is 0 Å². The SMILES string of the molecule is CCOc1ccc(C=NNC(=O)C(=Cc2ccc(N(C)C)cc2)NC(=O)c2ccccc2Cl)c(O)c1. The normalized spacial score (nSPS) is 11.3. The zero-order chi connectivity index (χ0) is 26.1. The van der Waals surface area contributed by atoms with Crippen molar-refractivity contribution in [3.8, 4) is 11.5 Å². The van der Waals surface area contributed by atoms with E-state index < -0.39 is 11.8 Å². The van der Waals surface area contributed by atoms with E-state index in [2.05, 4.69) is 15.8 Å². The summed E-state index contributed by atoms with van der Waals surface area (Å²) in [5.41, 5.74) is 4.63. The Labute approximate surface area is 214 Å². The van der Waals surface area contributed by atoms with Crippen molar-refractivity contribution >= 4 is 41.4 Å². The molecule has 3 N–H and O–H groups in total. The molecule has 0 atom stereocenters. The molecule has 0 heterocycles. The number of halogens is 1. The number of anilines is 1. The number of carbonyl (C=O) groups is 2. The van der Waals surface area contributed by atoms with Crippen LogP contribution in [0.25, 0.3) is 6.08 Å². The summed E-state index contributed by atoms with van der Waals surface area (Å²) in [6.07, 6.45) is 2.83. The van der Waals surface area contributed by atoms with Gasteiger partial charge in [0.25, 0.3) is 11.8 Å². The molecule has 0 aliphatic rings. The number of hydrogen-bond acceptors (Lipinski definition) is 6. The van der Waals surface area contributed by atoms with Crippen molar-refractivity contribution in [1.82, 2.24) is 10.7 Å². The molecule has 2 amide bonds. The monoisotopic (exact) mass is 506 g/mol. The van der Waals surface area contributed by atoms with Gasteiger partial charge in [-0.3, -0.25) is 9.59 Å². The molecule has 0 saturated heterocycles. The number of ether oxygens (including phenoxy) is 1. The van der Waals surface area contributed by atoms with E-state index in [1.807, 2.05) is 50.2 Å². The molecule has 3 aromatic rings. The van der Waals surface area contributed by atoms with Gasteiger partial charge in [0.1, 0.15) is 17.2 Å². The van der Waals surface area contributed by atoms with Crippen molar-refractivity contribution in [2.45, 2.75) is 6.92 Å². The molecular weight excluding hydrogens is 480 g/mol. The average molecular weight is 507 g/mol. The fourth-order valence-corrected chi connectivity index (χ4v) is 3.36. The number of nitrogens with zero attached hydrogens (tertiary/aromatic N) is 2. The number of aromatic hydroxyl groups is 1. The first-order valence-corrected chi connectivity index (χ1v) is 11.5. The largest absolute Gasteiger partial charge is 0.507 e. The summed E-state index contributed by atoms with van der Waals surface area (Å²) in [5, 5.41) is 17.0. The summed E-state index contributed by atoms with van der Waals surface area (Å²) < 4.78 is 5.34. The summed E-state index contributed by atoms with van der Waals surface area (Å²) in [6, 6.07) is 18.7. The van der Waals surface area contributed by atoms with Crippen LogP contribution in [0.5, 0.6) is 11.5 Å². The highest BCUT2D eigenvalue weighted by molar-refractivity contribution is 6.34. The number of amides is 2. The van der Waals surface area contributed by atoms with Gasteiger partial charge in [0.2, 0.25) is 0 Å². The van der Waals surface area contributed by atoms with Gasteiger partial charge < -0.3 is 20.1 Å². The maximum Gasteiger partial charge on any atom is 0.287 e. The summed E-state index contributed by atoms with van der Waals surface area (Å²) in [4.78, 5) is 27.7. The van der Waals surface area contributed by atoms with Gasteiger partial charge >= 0.3 is 0 Å². The summed E-state index contributed by atoms with van der Waals surface area (Å²) in [6.45, 7) is 2.31. The van der Waals surface area contributed by atoms with Gasteiger partial charge in [-0.25, -0.2) is 5.43 Å². The molecule has 0 fully saturated rings. The molecule has 0 saturated carbocycles. The Kier molecular flexibility index (Phi) is 9.07. The van der Waals surface area contributed by atoms with Crippen LogP contribution in [0.15, 0.2) is 77.5 Å². The zero-order valence-electron chi connectivity index (χ0n) is 20.2. The van der Waals surface area contributed by atoms with E-state index in [0.29, 0.717) is 23.5 Å². The van der Waals surface area contributed by atoms with Crippen LogP contribution in [0.4, 0.5) is 5.69 Å². The van der Waals surface area contributed by atoms with E-state index >= 15 is 0 Å². The van der Waals surface area contributed by atoms with Crippen LogP contribution >= 0.6 is 11.6 Å². The molecule has 8 nitrogen and oxygen atoms in total. The molecule has 0 aliphatic heterocycles. The predicted octanol–water partition coefficient (Wildman–Crippen LogP) is 4.43. The second-order valence-electron chi connectivity index (χ2n) is 7.83. The van der Waals surface area contributed by atoms with Gasteiger partial charge in [0.05, 0.1) is 23.4 Å². The second kappa shape index (κ2) is 12.4. The highest BCUT2D eigenvalue weighted by Crippen LogP contribution is 2.22. The lowest BCUT2D eigenvalue weighted by Crippen LogP contribution is -2.33. The molecule has 0 aromatic heterocycles. The average Bonchev–Trinajstić information content (AvgIpc) is 2.85. The minimum absolute atomic E-state index is 0.0365. The molecule has 3 aromatic carbocycles. The number of phenolic OH excluding ortho intramolecular Hbond substituents is 1. The molecule has 0 radical (unpaired) electrons. The topological polar surface area (TPSA) is 103 Å². The van der Waals surface area contributed by atoms with Crippen LogP contribution in [0.2, 0.25) is 5.02 Å². The van der Waals surface area contributed by atoms with Crippen LogP contribution in [0, 0.1) is 0 Å². The number of hydrazone groups is 1. The number of nitrogens with one attached hydrogen (secondary N) is 2. The first-order chi connectivity index (χ1) is 17.3. The predicted molar refractivity (Wildman–Crippen MR) is 143 cm³/mol. The highest BCUT2D eigenvalue weighted by atomic mass is 35.5. The van der Waals surface area contributed by atoms with E-state index in [1.54, 1.807) is 36.4 Å². The third-order valence-corrected chi connectivity index (χ3v) is 5.34. The minimum atomic E-state index is -0.659. The van der Waals surface area contributed by atoms with Crippen molar-refractivity contribution in [3.05, 3.63) is 94.1 Å². The van der Waals surface area contributed by atoms with Gasteiger partial charge in [0, 0.05) is 31.4 Å². The smallest absolute Gasteiger partial charge is 0.287 e. The van der Waals surface area contributed by atoms with Crippen LogP contribution in [-0.4, -0.2) is 43.8 Å². The molecule has 0 aliphatic carbocycles. The van der Waals surface area contributed by atoms with Crippen molar-refractivity contribution in [2.24, 2.45) is 5.10 Å². The van der Waals surface area contributed by atoms with E-state index in [-0.39, 0.29) is 22.0 Å². The first-order valence-electron chi connectivity index (χ1n) is 11.1. The molecule has 0 spiro atoms. The van der Waals surface area contributed by atoms with Gasteiger partial charge in [0.15, 0.2) is 0 Å². The molecule has 3 rings (SSSR count). The maximum atomic E-state index is 13.0. The van der Waals surface area contributed by atoms with Gasteiger partial charge in [-0.05, 0) is 55.0 Å². The van der Waals surface area contributed by atoms with Crippen molar-refractivity contribution in [1.29, 1.82) is 0 Å². The first kappa shape index (κ1) is 26.3. The number of rotatable bonds is 9. The molecule has 186 valence electrons. The van der Waals surface area contributed by atoms with Crippen molar-refractivity contribution in [2.75, 3.05) is 25.6 Å². The standard InChI is InChI=1S/C27H27ClN4O4/c1-4-36-21-14-11-19(25(33)16-21)17-29-31-27(35)24(15-18-9-12-20(13-10-18)32(2)3)30-26(34)22-7-5-6-8-23(22)28/h5-17,33H,4H2,1-3H3,(H,30,34)(H,31,35). The maximum absolute atomic E-state index is 13.0.